The molecule has 1 N–H and O–H groups in total. The highest BCUT2D eigenvalue weighted by Gasteiger charge is 2.37. The summed E-state index contributed by atoms with van der Waals surface area (Å²) in [6.07, 6.45) is 6.43. The molecule has 1 aromatic carbocycles. The van der Waals surface area contributed by atoms with Crippen molar-refractivity contribution in [1.29, 1.82) is 0 Å². The van der Waals surface area contributed by atoms with Crippen LogP contribution in [0.25, 0.3) is 0 Å². The minimum atomic E-state index is -0.336. The molecule has 0 unspecified atom stereocenters. The number of fused-ring (bicyclic) bond motifs is 5. The third-order valence-corrected chi connectivity index (χ3v) is 7.14. The van der Waals surface area contributed by atoms with E-state index in [2.05, 4.69) is 27.1 Å². The van der Waals surface area contributed by atoms with Crippen LogP contribution in [0.4, 0.5) is 5.82 Å². The van der Waals surface area contributed by atoms with E-state index in [-0.39, 0.29) is 43.7 Å². The van der Waals surface area contributed by atoms with Crippen molar-refractivity contribution in [3.63, 3.8) is 0 Å². The van der Waals surface area contributed by atoms with Gasteiger partial charge in [0.2, 0.25) is 5.91 Å². The molecule has 2 atom stereocenters. The third-order valence-electron chi connectivity index (χ3n) is 7.14. The first-order valence-electron chi connectivity index (χ1n) is 13.9. The summed E-state index contributed by atoms with van der Waals surface area (Å²) in [7, 11) is 1.56. The van der Waals surface area contributed by atoms with Crippen molar-refractivity contribution in [1.82, 2.24) is 25.2 Å². The van der Waals surface area contributed by atoms with Crippen LogP contribution in [0, 0.1) is 6.92 Å². The highest BCUT2D eigenvalue weighted by molar-refractivity contribution is 5.96. The number of aryl methyl sites for hydroxylation is 2. The van der Waals surface area contributed by atoms with Crippen LogP contribution in [-0.4, -0.2) is 83.7 Å². The average Bonchev–Trinajstić information content (AvgIpc) is 3.36. The summed E-state index contributed by atoms with van der Waals surface area (Å²) in [4.78, 5) is 43.8. The number of anilines is 1. The summed E-state index contributed by atoms with van der Waals surface area (Å²) in [6, 6.07) is 8.92. The Morgan fingerprint density at radius 1 is 1.12 bits per heavy atom. The lowest BCUT2D eigenvalue weighted by molar-refractivity contribution is -0.123. The van der Waals surface area contributed by atoms with Gasteiger partial charge in [-0.3, -0.25) is 14.6 Å². The first kappa shape index (κ1) is 28.4. The number of rotatable bonds is 6. The largest absolute Gasteiger partial charge is 0.456 e. The predicted molar refractivity (Wildman–Crippen MR) is 152 cm³/mol. The van der Waals surface area contributed by atoms with Crippen LogP contribution >= 0.6 is 0 Å². The fraction of sp³-hybridized carbons (Fsp3) is 0.433. The fourth-order valence-corrected chi connectivity index (χ4v) is 5.15. The molecule has 2 aliphatic rings. The number of amides is 2. The number of nitrogens with zero attached hydrogens (tertiary/aromatic N) is 5. The second-order valence-electron chi connectivity index (χ2n) is 10.3. The average molecular weight is 561 g/mol. The molecule has 2 aliphatic heterocycles. The maximum absolute atomic E-state index is 13.5. The normalized spacial score (nSPS) is 19.5. The molecule has 4 bridgehead atoms. The molecule has 0 saturated carbocycles. The molecule has 4 heterocycles. The van der Waals surface area contributed by atoms with E-state index in [1.165, 1.54) is 11.1 Å². The van der Waals surface area contributed by atoms with E-state index in [1.54, 1.807) is 19.4 Å². The number of nitrogens with one attached hydrogen (secondary N) is 1. The Balaban J connectivity index is 1.46. The highest BCUT2D eigenvalue weighted by atomic mass is 16.5. The van der Waals surface area contributed by atoms with Crippen LogP contribution in [0.2, 0.25) is 0 Å². The van der Waals surface area contributed by atoms with Gasteiger partial charge in [0.25, 0.3) is 5.91 Å². The number of ether oxygens (including phenoxy) is 3. The lowest BCUT2D eigenvalue weighted by Crippen LogP contribution is -2.49. The van der Waals surface area contributed by atoms with Crippen LogP contribution in [0.1, 0.15) is 40.7 Å². The molecule has 0 spiro atoms. The molecule has 1 fully saturated rings. The van der Waals surface area contributed by atoms with E-state index in [0.717, 1.165) is 29.8 Å². The van der Waals surface area contributed by atoms with Gasteiger partial charge < -0.3 is 29.3 Å². The van der Waals surface area contributed by atoms with Crippen molar-refractivity contribution in [2.75, 3.05) is 44.8 Å². The number of pyridine rings is 1. The van der Waals surface area contributed by atoms with Crippen molar-refractivity contribution >= 4 is 17.6 Å². The lowest BCUT2D eigenvalue weighted by atomic mass is 10.2. The SMILES string of the molecule is CCCc1cnc(C)nc1N1C[C@@H]2NC(=O)CN(CCOC)C(=O)c3cncc(c3)Oc3cccc(c3)CO[C@H]2C1. The number of carbonyl (C=O) groups is 2. The number of benzene rings is 1. The number of hydrogen-bond donors (Lipinski definition) is 1. The third kappa shape index (κ3) is 6.98. The highest BCUT2D eigenvalue weighted by Crippen LogP contribution is 2.27. The Bertz CT molecular complexity index is 1380. The summed E-state index contributed by atoms with van der Waals surface area (Å²) in [6.45, 7) is 5.80. The fourth-order valence-electron chi connectivity index (χ4n) is 5.15. The van der Waals surface area contributed by atoms with Gasteiger partial charge in [-0.15, -0.1) is 0 Å². The van der Waals surface area contributed by atoms with Crippen molar-refractivity contribution < 1.29 is 23.8 Å². The maximum Gasteiger partial charge on any atom is 0.256 e. The second kappa shape index (κ2) is 13.0. The van der Waals surface area contributed by atoms with Crippen molar-refractivity contribution in [3.05, 3.63) is 71.4 Å². The molecule has 0 radical (unpaired) electrons. The Morgan fingerprint density at radius 2 is 2.00 bits per heavy atom. The zero-order chi connectivity index (χ0) is 28.8. The topological polar surface area (TPSA) is 119 Å². The first-order valence-corrected chi connectivity index (χ1v) is 13.9. The summed E-state index contributed by atoms with van der Waals surface area (Å²) in [5.74, 6) is 1.98. The molecule has 3 aromatic rings. The molecule has 1 saturated heterocycles. The van der Waals surface area contributed by atoms with Crippen molar-refractivity contribution in [2.24, 2.45) is 0 Å². The van der Waals surface area contributed by atoms with Crippen LogP contribution in [-0.2, 0) is 27.3 Å². The van der Waals surface area contributed by atoms with E-state index >= 15 is 0 Å². The summed E-state index contributed by atoms with van der Waals surface area (Å²) in [5, 5.41) is 3.14. The number of methoxy groups -OCH3 is 1. The minimum Gasteiger partial charge on any atom is -0.456 e. The standard InChI is InChI=1S/C30H36N6O5/c1-4-6-22-14-32-20(2)33-29(22)36-16-26-27(17-36)40-19-21-7-5-8-24(11-21)41-25-12-23(13-31-15-25)30(38)35(9-10-39-3)18-28(37)34-26/h5,7-8,11-15,26-27H,4,6,9-10,16-19H2,1-3H3,(H,34,37)/t26-,27-/m0/s1. The van der Waals surface area contributed by atoms with Gasteiger partial charge in [-0.05, 0) is 37.1 Å². The van der Waals surface area contributed by atoms with Gasteiger partial charge in [-0.2, -0.15) is 0 Å². The van der Waals surface area contributed by atoms with E-state index in [9.17, 15) is 9.59 Å². The Kier molecular flexibility index (Phi) is 9.05. The Morgan fingerprint density at radius 3 is 2.83 bits per heavy atom. The Labute approximate surface area is 239 Å². The zero-order valence-corrected chi connectivity index (χ0v) is 23.7. The first-order chi connectivity index (χ1) is 19.9. The Hall–Kier alpha value is -4.09. The van der Waals surface area contributed by atoms with Crippen LogP contribution < -0.4 is 15.0 Å². The summed E-state index contributed by atoms with van der Waals surface area (Å²) < 4.78 is 17.7. The van der Waals surface area contributed by atoms with Gasteiger partial charge in [-0.1, -0.05) is 25.5 Å². The predicted octanol–water partition coefficient (Wildman–Crippen LogP) is 2.92. The quantitative estimate of drug-likeness (QED) is 0.485. The number of hydrogen-bond acceptors (Lipinski definition) is 9. The molecule has 0 aliphatic carbocycles. The van der Waals surface area contributed by atoms with Crippen molar-refractivity contribution in [2.45, 2.75) is 45.4 Å². The maximum atomic E-state index is 13.5. The molecule has 5 rings (SSSR count). The number of carbonyl (C=O) groups excluding carboxylic acids is 2. The van der Waals surface area contributed by atoms with Gasteiger partial charge in [0, 0.05) is 44.7 Å². The molecular weight excluding hydrogens is 524 g/mol. The van der Waals surface area contributed by atoms with Crippen LogP contribution in [0.15, 0.2) is 48.9 Å². The van der Waals surface area contributed by atoms with Crippen LogP contribution in [0.3, 0.4) is 0 Å². The van der Waals surface area contributed by atoms with E-state index in [4.69, 9.17) is 19.2 Å². The second-order valence-corrected chi connectivity index (χ2v) is 10.3. The zero-order valence-electron chi connectivity index (χ0n) is 23.7. The number of aromatic nitrogens is 3. The van der Waals surface area contributed by atoms with E-state index in [0.29, 0.717) is 42.6 Å². The molecule has 2 amide bonds. The minimum absolute atomic E-state index is 0.136. The molecule has 11 heteroatoms. The van der Waals surface area contributed by atoms with Gasteiger partial charge >= 0.3 is 0 Å². The molecule has 41 heavy (non-hydrogen) atoms. The van der Waals surface area contributed by atoms with Gasteiger partial charge in [0.15, 0.2) is 0 Å². The smallest absolute Gasteiger partial charge is 0.256 e. The summed E-state index contributed by atoms with van der Waals surface area (Å²) in [5.41, 5.74) is 2.32. The van der Waals surface area contributed by atoms with Gasteiger partial charge in [0.1, 0.15) is 23.1 Å². The monoisotopic (exact) mass is 560 g/mol. The lowest BCUT2D eigenvalue weighted by Gasteiger charge is -2.25. The van der Waals surface area contributed by atoms with E-state index < -0.39 is 0 Å². The summed E-state index contributed by atoms with van der Waals surface area (Å²) >= 11 is 0. The van der Waals surface area contributed by atoms with Gasteiger partial charge in [-0.25, -0.2) is 9.97 Å². The van der Waals surface area contributed by atoms with E-state index in [1.807, 2.05) is 37.4 Å². The molecule has 216 valence electrons. The van der Waals surface area contributed by atoms with Gasteiger partial charge in [0.05, 0.1) is 43.7 Å². The molecule has 2 aromatic heterocycles. The molecule has 11 nitrogen and oxygen atoms in total. The molecular formula is C30H36N6O5. The van der Waals surface area contributed by atoms with Crippen molar-refractivity contribution in [3.8, 4) is 11.5 Å². The van der Waals surface area contributed by atoms with Crippen LogP contribution in [0.5, 0.6) is 11.5 Å².